The highest BCUT2D eigenvalue weighted by molar-refractivity contribution is 6.51. The van der Waals surface area contributed by atoms with Gasteiger partial charge in [0, 0.05) is 16.3 Å². The van der Waals surface area contributed by atoms with Gasteiger partial charge in [-0.1, -0.05) is 29.8 Å². The Morgan fingerprint density at radius 2 is 1.68 bits per heavy atom. The van der Waals surface area contributed by atoms with Crippen LogP contribution in [0.5, 0.6) is 11.5 Å². The number of carbonyl (C=O) groups is 2. The summed E-state index contributed by atoms with van der Waals surface area (Å²) >= 11 is 6.12. The maximum Gasteiger partial charge on any atom is 0.300 e. The van der Waals surface area contributed by atoms with Crippen molar-refractivity contribution in [2.75, 3.05) is 12.0 Å². The molecule has 3 aromatic carbocycles. The van der Waals surface area contributed by atoms with E-state index in [2.05, 4.69) is 0 Å². The second kappa shape index (κ2) is 8.16. The van der Waals surface area contributed by atoms with E-state index in [1.807, 2.05) is 0 Å². The van der Waals surface area contributed by atoms with Crippen LogP contribution in [0.1, 0.15) is 17.2 Å². The van der Waals surface area contributed by atoms with Crippen molar-refractivity contribution >= 4 is 34.7 Å². The van der Waals surface area contributed by atoms with Gasteiger partial charge in [-0.25, -0.2) is 0 Å². The molecular weight excluding hydrogens is 418 g/mol. The fraction of sp³-hybridized carbons (Fsp3) is 0.0833. The van der Waals surface area contributed by atoms with E-state index in [1.165, 1.54) is 24.1 Å². The quantitative estimate of drug-likeness (QED) is 0.353. The smallest absolute Gasteiger partial charge is 0.300 e. The molecule has 0 spiro atoms. The van der Waals surface area contributed by atoms with Gasteiger partial charge < -0.3 is 14.9 Å². The lowest BCUT2D eigenvalue weighted by Gasteiger charge is -2.25. The lowest BCUT2D eigenvalue weighted by molar-refractivity contribution is -0.132. The summed E-state index contributed by atoms with van der Waals surface area (Å²) in [4.78, 5) is 27.4. The highest BCUT2D eigenvalue weighted by Crippen LogP contribution is 2.42. The number of hydrogen-bond donors (Lipinski definition) is 2. The first-order chi connectivity index (χ1) is 14.9. The minimum Gasteiger partial charge on any atom is -0.508 e. The first-order valence-corrected chi connectivity index (χ1v) is 9.78. The van der Waals surface area contributed by atoms with Gasteiger partial charge in [0.05, 0.1) is 18.7 Å². The van der Waals surface area contributed by atoms with Crippen LogP contribution < -0.4 is 9.64 Å². The van der Waals surface area contributed by atoms with Gasteiger partial charge in [0.15, 0.2) is 0 Å². The summed E-state index contributed by atoms with van der Waals surface area (Å²) in [5.74, 6) is -1.27. The number of benzene rings is 3. The predicted molar refractivity (Wildman–Crippen MR) is 117 cm³/mol. The average Bonchev–Trinajstić information content (AvgIpc) is 3.04. The topological polar surface area (TPSA) is 87.1 Å². The van der Waals surface area contributed by atoms with E-state index in [4.69, 9.17) is 16.3 Å². The zero-order valence-corrected chi connectivity index (χ0v) is 17.2. The zero-order valence-electron chi connectivity index (χ0n) is 16.4. The van der Waals surface area contributed by atoms with Crippen LogP contribution in [-0.2, 0) is 9.59 Å². The second-order valence-corrected chi connectivity index (χ2v) is 7.41. The molecule has 1 unspecified atom stereocenters. The SMILES string of the molecule is COc1ccc(/C(O)=C2\C(=O)C(=O)N(c3cccc(Cl)c3)C2c2ccc(O)cc2)cc1. The molecule has 0 bridgehead atoms. The lowest BCUT2D eigenvalue weighted by atomic mass is 9.95. The second-order valence-electron chi connectivity index (χ2n) is 6.97. The summed E-state index contributed by atoms with van der Waals surface area (Å²) in [6.45, 7) is 0. The van der Waals surface area contributed by atoms with Crippen molar-refractivity contribution in [1.29, 1.82) is 0 Å². The van der Waals surface area contributed by atoms with Gasteiger partial charge >= 0.3 is 0 Å². The van der Waals surface area contributed by atoms with Gasteiger partial charge in [-0.15, -0.1) is 0 Å². The number of ether oxygens (including phenoxy) is 1. The molecular formula is C24H18ClNO5. The molecule has 1 aliphatic rings. The third kappa shape index (κ3) is 3.73. The number of carbonyl (C=O) groups excluding carboxylic acids is 2. The molecule has 2 N–H and O–H groups in total. The molecule has 1 atom stereocenters. The van der Waals surface area contributed by atoms with Gasteiger partial charge in [0.1, 0.15) is 17.3 Å². The van der Waals surface area contributed by atoms with E-state index in [0.29, 0.717) is 27.6 Å². The van der Waals surface area contributed by atoms with E-state index in [9.17, 15) is 19.8 Å². The van der Waals surface area contributed by atoms with Gasteiger partial charge in [0.25, 0.3) is 11.7 Å². The predicted octanol–water partition coefficient (Wildman–Crippen LogP) is 4.68. The molecule has 0 aliphatic carbocycles. The van der Waals surface area contributed by atoms with E-state index in [-0.39, 0.29) is 17.1 Å². The van der Waals surface area contributed by atoms with Gasteiger partial charge in [0.2, 0.25) is 0 Å². The Morgan fingerprint density at radius 3 is 2.29 bits per heavy atom. The van der Waals surface area contributed by atoms with Crippen molar-refractivity contribution in [3.8, 4) is 11.5 Å². The Hall–Kier alpha value is -3.77. The third-order valence-corrected chi connectivity index (χ3v) is 5.34. The van der Waals surface area contributed by atoms with E-state index >= 15 is 0 Å². The maximum atomic E-state index is 13.0. The fourth-order valence-corrected chi connectivity index (χ4v) is 3.79. The van der Waals surface area contributed by atoms with Crippen LogP contribution in [0.25, 0.3) is 5.76 Å². The summed E-state index contributed by atoms with van der Waals surface area (Å²) in [7, 11) is 1.52. The summed E-state index contributed by atoms with van der Waals surface area (Å²) in [6, 6.07) is 18.3. The molecule has 1 saturated heterocycles. The number of phenols is 1. The molecule has 7 heteroatoms. The van der Waals surface area contributed by atoms with E-state index in [0.717, 1.165) is 0 Å². The molecule has 0 saturated carbocycles. The van der Waals surface area contributed by atoms with Crippen molar-refractivity contribution < 1.29 is 24.5 Å². The van der Waals surface area contributed by atoms with Crippen LogP contribution in [0.2, 0.25) is 5.02 Å². The average molecular weight is 436 g/mol. The third-order valence-electron chi connectivity index (χ3n) is 5.10. The standard InChI is InChI=1S/C24H18ClNO5/c1-31-19-11-7-15(8-12-19)22(28)20-21(14-5-9-18(27)10-6-14)26(24(30)23(20)29)17-4-2-3-16(25)13-17/h2-13,21,27-28H,1H3/b22-20+. The number of aliphatic hydroxyl groups is 1. The van der Waals surface area contributed by atoms with Crippen LogP contribution in [0.15, 0.2) is 78.4 Å². The Bertz CT molecular complexity index is 1190. The number of methoxy groups -OCH3 is 1. The molecule has 3 aromatic rings. The molecule has 1 fully saturated rings. The minimum absolute atomic E-state index is 0.0404. The van der Waals surface area contributed by atoms with Crippen LogP contribution in [0.3, 0.4) is 0 Å². The Balaban J connectivity index is 1.92. The lowest BCUT2D eigenvalue weighted by Crippen LogP contribution is -2.29. The van der Waals surface area contributed by atoms with Gasteiger partial charge in [-0.3, -0.25) is 14.5 Å². The number of halogens is 1. The number of hydrogen-bond acceptors (Lipinski definition) is 5. The molecule has 0 radical (unpaired) electrons. The first kappa shape index (κ1) is 20.5. The molecule has 4 rings (SSSR count). The number of ketones is 1. The minimum atomic E-state index is -0.902. The molecule has 1 amide bonds. The van der Waals surface area contributed by atoms with E-state index < -0.39 is 17.7 Å². The van der Waals surface area contributed by atoms with Gasteiger partial charge in [-0.2, -0.15) is 0 Å². The van der Waals surface area contributed by atoms with Crippen molar-refractivity contribution in [2.24, 2.45) is 0 Å². The Kier molecular flexibility index (Phi) is 5.40. The monoisotopic (exact) mass is 435 g/mol. The molecule has 1 aliphatic heterocycles. The number of rotatable bonds is 4. The van der Waals surface area contributed by atoms with Crippen molar-refractivity contribution in [3.63, 3.8) is 0 Å². The van der Waals surface area contributed by atoms with Crippen molar-refractivity contribution in [3.05, 3.63) is 94.5 Å². The largest absolute Gasteiger partial charge is 0.508 e. The molecule has 0 aromatic heterocycles. The number of phenolic OH excluding ortho intramolecular Hbond substituents is 1. The molecule has 31 heavy (non-hydrogen) atoms. The fourth-order valence-electron chi connectivity index (χ4n) is 3.60. The van der Waals surface area contributed by atoms with Crippen LogP contribution in [-0.4, -0.2) is 29.0 Å². The van der Waals surface area contributed by atoms with Crippen LogP contribution >= 0.6 is 11.6 Å². The highest BCUT2D eigenvalue weighted by Gasteiger charge is 2.47. The number of amides is 1. The normalized spacial score (nSPS) is 17.7. The highest BCUT2D eigenvalue weighted by atomic mass is 35.5. The molecule has 1 heterocycles. The molecule has 156 valence electrons. The van der Waals surface area contributed by atoms with Crippen LogP contribution in [0.4, 0.5) is 5.69 Å². The van der Waals surface area contributed by atoms with E-state index in [1.54, 1.807) is 60.7 Å². The number of Topliss-reactive ketones (excluding diaryl/α,β-unsaturated/α-hetero) is 1. The van der Waals surface area contributed by atoms with Crippen molar-refractivity contribution in [1.82, 2.24) is 0 Å². The van der Waals surface area contributed by atoms with Crippen LogP contribution in [0, 0.1) is 0 Å². The number of anilines is 1. The summed E-state index contributed by atoms with van der Waals surface area (Å²) in [5.41, 5.74) is 1.28. The molecule has 6 nitrogen and oxygen atoms in total. The van der Waals surface area contributed by atoms with Crippen molar-refractivity contribution in [2.45, 2.75) is 6.04 Å². The van der Waals surface area contributed by atoms with Gasteiger partial charge in [-0.05, 0) is 60.2 Å². The summed E-state index contributed by atoms with van der Waals surface area (Å²) in [5, 5.41) is 21.1. The number of aliphatic hydroxyl groups excluding tert-OH is 1. The maximum absolute atomic E-state index is 13.0. The number of aromatic hydroxyl groups is 1. The Morgan fingerprint density at radius 1 is 1.00 bits per heavy atom. The summed E-state index contributed by atoms with van der Waals surface area (Å²) < 4.78 is 5.14. The zero-order chi connectivity index (χ0) is 22.1. The Labute approximate surface area is 183 Å². The first-order valence-electron chi connectivity index (χ1n) is 9.40. The number of nitrogens with zero attached hydrogens (tertiary/aromatic N) is 1. The summed E-state index contributed by atoms with van der Waals surface area (Å²) in [6.07, 6.45) is 0.